The second-order valence-electron chi connectivity index (χ2n) is 2.93. The fraction of sp³-hybridized carbons (Fsp3) is 0.714. The average Bonchev–Trinajstić information content (AvgIpc) is 2.63. The van der Waals surface area contributed by atoms with E-state index in [1.165, 1.54) is 6.42 Å². The molecule has 43 valence electrons. The molecular formula is C7H9O. The lowest BCUT2D eigenvalue weighted by atomic mass is 10.0. The minimum Gasteiger partial charge on any atom is -0.303 e. The quantitative estimate of drug-likeness (QED) is 0.487. The van der Waals surface area contributed by atoms with Crippen LogP contribution in [0.15, 0.2) is 0 Å². The maximum Gasteiger partial charge on any atom is 0.126 e. The van der Waals surface area contributed by atoms with Crippen molar-refractivity contribution < 1.29 is 4.79 Å². The van der Waals surface area contributed by atoms with Gasteiger partial charge in [0.2, 0.25) is 0 Å². The number of rotatable bonds is 2. The molecule has 1 nitrogen and oxygen atoms in total. The van der Waals surface area contributed by atoms with Crippen molar-refractivity contribution in [1.82, 2.24) is 0 Å². The van der Waals surface area contributed by atoms with Crippen molar-refractivity contribution in [2.45, 2.75) is 19.3 Å². The number of hydrogen-bond donors (Lipinski definition) is 0. The molecule has 0 aromatic carbocycles. The fourth-order valence-corrected chi connectivity index (χ4v) is 1.26. The summed E-state index contributed by atoms with van der Waals surface area (Å²) in [5, 5.41) is 0. The Hall–Kier alpha value is -0.330. The van der Waals surface area contributed by atoms with Gasteiger partial charge in [0, 0.05) is 5.41 Å². The molecule has 2 rings (SSSR count). The van der Waals surface area contributed by atoms with E-state index in [1.54, 1.807) is 0 Å². The van der Waals surface area contributed by atoms with E-state index in [1.807, 2.05) is 0 Å². The summed E-state index contributed by atoms with van der Waals surface area (Å²) in [5.41, 5.74) is 0.167. The first-order chi connectivity index (χ1) is 3.87. The van der Waals surface area contributed by atoms with Crippen LogP contribution < -0.4 is 0 Å². The van der Waals surface area contributed by atoms with E-state index in [4.69, 9.17) is 0 Å². The summed E-state index contributed by atoms with van der Waals surface area (Å²) < 4.78 is 0. The van der Waals surface area contributed by atoms with E-state index < -0.39 is 0 Å². The third-order valence-corrected chi connectivity index (χ3v) is 2.27. The zero-order valence-corrected chi connectivity index (χ0v) is 4.76. The zero-order valence-electron chi connectivity index (χ0n) is 4.76. The molecule has 2 saturated carbocycles. The lowest BCUT2D eigenvalue weighted by Crippen LogP contribution is -2.03. The van der Waals surface area contributed by atoms with Crippen molar-refractivity contribution in [3.8, 4) is 0 Å². The van der Waals surface area contributed by atoms with Gasteiger partial charge in [-0.05, 0) is 31.6 Å². The first kappa shape index (κ1) is 4.54. The fourth-order valence-electron chi connectivity index (χ4n) is 1.26. The van der Waals surface area contributed by atoms with Crippen LogP contribution in [0.1, 0.15) is 19.3 Å². The molecule has 0 bridgehead atoms. The highest BCUT2D eigenvalue weighted by molar-refractivity contribution is 5.65. The van der Waals surface area contributed by atoms with Crippen LogP contribution in [0.2, 0.25) is 0 Å². The van der Waals surface area contributed by atoms with Crippen molar-refractivity contribution in [3.05, 3.63) is 6.42 Å². The van der Waals surface area contributed by atoms with Crippen LogP contribution in [-0.4, -0.2) is 6.29 Å². The van der Waals surface area contributed by atoms with Crippen molar-refractivity contribution in [1.29, 1.82) is 0 Å². The van der Waals surface area contributed by atoms with Crippen molar-refractivity contribution in [2.75, 3.05) is 0 Å². The van der Waals surface area contributed by atoms with Crippen LogP contribution in [0.4, 0.5) is 0 Å². The first-order valence-corrected chi connectivity index (χ1v) is 3.17. The van der Waals surface area contributed by atoms with Crippen LogP contribution in [0.25, 0.3) is 0 Å². The number of hydrogen-bond acceptors (Lipinski definition) is 1. The molecule has 2 aliphatic carbocycles. The Balaban J connectivity index is 2.09. The van der Waals surface area contributed by atoms with Gasteiger partial charge in [-0.15, -0.1) is 0 Å². The first-order valence-electron chi connectivity index (χ1n) is 3.17. The topological polar surface area (TPSA) is 17.1 Å². The van der Waals surface area contributed by atoms with Gasteiger partial charge in [0.15, 0.2) is 0 Å². The van der Waals surface area contributed by atoms with E-state index in [-0.39, 0.29) is 5.41 Å². The van der Waals surface area contributed by atoms with E-state index in [0.29, 0.717) is 5.92 Å². The Morgan fingerprint density at radius 1 is 1.62 bits per heavy atom. The largest absolute Gasteiger partial charge is 0.303 e. The molecule has 1 radical (unpaired) electrons. The molecule has 8 heavy (non-hydrogen) atoms. The molecule has 0 saturated heterocycles. The van der Waals surface area contributed by atoms with Gasteiger partial charge >= 0.3 is 0 Å². The highest BCUT2D eigenvalue weighted by atomic mass is 16.1. The minimum absolute atomic E-state index is 0.167. The predicted molar refractivity (Wildman–Crippen MR) is 30.1 cm³/mol. The zero-order chi connectivity index (χ0) is 5.61. The highest BCUT2D eigenvalue weighted by Gasteiger charge is 2.53. The molecule has 0 aromatic heterocycles. The Kier molecular flexibility index (Phi) is 0.651. The van der Waals surface area contributed by atoms with Gasteiger partial charge in [0.25, 0.3) is 0 Å². The van der Waals surface area contributed by atoms with Crippen LogP contribution in [0.3, 0.4) is 0 Å². The highest BCUT2D eigenvalue weighted by Crippen LogP contribution is 2.59. The van der Waals surface area contributed by atoms with Crippen LogP contribution in [0, 0.1) is 17.8 Å². The molecule has 0 amide bonds. The van der Waals surface area contributed by atoms with E-state index in [2.05, 4.69) is 6.42 Å². The lowest BCUT2D eigenvalue weighted by Gasteiger charge is -1.98. The normalized spacial score (nSPS) is 32.0. The average molecular weight is 109 g/mol. The summed E-state index contributed by atoms with van der Waals surface area (Å²) in [6, 6.07) is 0. The van der Waals surface area contributed by atoms with Gasteiger partial charge in [-0.25, -0.2) is 0 Å². The summed E-state index contributed by atoms with van der Waals surface area (Å²) in [6.07, 6.45) is 6.89. The second-order valence-corrected chi connectivity index (χ2v) is 2.93. The monoisotopic (exact) mass is 109 g/mol. The molecule has 2 aliphatic rings. The molecule has 1 heteroatoms. The van der Waals surface area contributed by atoms with Gasteiger partial charge in [0.1, 0.15) is 6.29 Å². The Bertz CT molecular complexity index is 120. The summed E-state index contributed by atoms with van der Waals surface area (Å²) in [6.45, 7) is 0. The van der Waals surface area contributed by atoms with E-state index in [9.17, 15) is 4.79 Å². The third kappa shape index (κ3) is 0.445. The van der Waals surface area contributed by atoms with E-state index >= 15 is 0 Å². The summed E-state index contributed by atoms with van der Waals surface area (Å²) in [5.74, 6) is 0.681. The van der Waals surface area contributed by atoms with Crippen molar-refractivity contribution in [2.24, 2.45) is 11.3 Å². The maximum absolute atomic E-state index is 10.4. The predicted octanol–water partition coefficient (Wildman–Crippen LogP) is 1.19. The van der Waals surface area contributed by atoms with Crippen molar-refractivity contribution in [3.63, 3.8) is 0 Å². The minimum atomic E-state index is 0.167. The third-order valence-electron chi connectivity index (χ3n) is 2.27. The second kappa shape index (κ2) is 1.15. The summed E-state index contributed by atoms with van der Waals surface area (Å²) >= 11 is 0. The molecule has 1 unspecified atom stereocenters. The molecule has 0 aliphatic heterocycles. The Labute approximate surface area is 49.1 Å². The van der Waals surface area contributed by atoms with E-state index in [0.717, 1.165) is 19.1 Å². The number of aldehydes is 1. The molecule has 0 aromatic rings. The van der Waals surface area contributed by atoms with Crippen molar-refractivity contribution >= 4 is 6.29 Å². The SMILES string of the molecule is O=CC1(C2[CH]C2)CC1. The standard InChI is InChI=1S/C7H9O/c8-5-7(3-4-7)6-1-2-6/h1,5-6H,2-4H2. The smallest absolute Gasteiger partial charge is 0.126 e. The molecule has 0 heterocycles. The van der Waals surface area contributed by atoms with Crippen LogP contribution >= 0.6 is 0 Å². The van der Waals surface area contributed by atoms with Crippen LogP contribution in [-0.2, 0) is 4.79 Å². The van der Waals surface area contributed by atoms with Gasteiger partial charge in [-0.1, -0.05) is 0 Å². The Morgan fingerprint density at radius 2 is 2.25 bits per heavy atom. The molecule has 0 N–H and O–H groups in total. The lowest BCUT2D eigenvalue weighted by molar-refractivity contribution is -0.112. The van der Waals surface area contributed by atoms with Gasteiger partial charge in [-0.3, -0.25) is 0 Å². The summed E-state index contributed by atoms with van der Waals surface area (Å²) in [7, 11) is 0. The molecule has 0 spiro atoms. The Morgan fingerprint density at radius 3 is 2.38 bits per heavy atom. The van der Waals surface area contributed by atoms with Gasteiger partial charge in [0.05, 0.1) is 0 Å². The van der Waals surface area contributed by atoms with Gasteiger partial charge in [-0.2, -0.15) is 0 Å². The number of carbonyl (C=O) groups excluding carboxylic acids is 1. The molecular weight excluding hydrogens is 100 g/mol. The van der Waals surface area contributed by atoms with Gasteiger partial charge < -0.3 is 4.79 Å². The molecule has 1 atom stereocenters. The summed E-state index contributed by atoms with van der Waals surface area (Å²) in [4.78, 5) is 10.4. The molecule has 2 fully saturated rings. The maximum atomic E-state index is 10.4. The van der Waals surface area contributed by atoms with Crippen LogP contribution in [0.5, 0.6) is 0 Å². The number of carbonyl (C=O) groups is 1.